The first-order valence-electron chi connectivity index (χ1n) is 14.7. The molecule has 4 aromatic carbocycles. The van der Waals surface area contributed by atoms with Gasteiger partial charge >= 0.3 is 0 Å². The van der Waals surface area contributed by atoms with Gasteiger partial charge in [0, 0.05) is 18.1 Å². The topological polar surface area (TPSA) is 84.3 Å². The minimum absolute atomic E-state index is 0.00819. The number of aliphatic hydroxyl groups excluding tert-OH is 1. The van der Waals surface area contributed by atoms with Crippen molar-refractivity contribution in [2.24, 2.45) is 0 Å². The van der Waals surface area contributed by atoms with Crippen LogP contribution in [0.2, 0.25) is 0 Å². The van der Waals surface area contributed by atoms with E-state index in [1.165, 1.54) is 16.4 Å². The van der Waals surface area contributed by atoms with Crippen LogP contribution in [0.15, 0.2) is 133 Å². The second kappa shape index (κ2) is 16.9. The Morgan fingerprint density at radius 1 is 0.636 bits per heavy atom. The van der Waals surface area contributed by atoms with Crippen LogP contribution in [0.4, 0.5) is 0 Å². The van der Waals surface area contributed by atoms with E-state index in [4.69, 9.17) is 14.2 Å². The Balaban J connectivity index is 1.46. The molecule has 0 amide bonds. The summed E-state index contributed by atoms with van der Waals surface area (Å²) in [4.78, 5) is 4.59. The maximum absolute atomic E-state index is 11.7. The zero-order chi connectivity index (χ0) is 30.4. The van der Waals surface area contributed by atoms with Crippen LogP contribution in [-0.4, -0.2) is 45.3 Å². The molecule has 5 aromatic rings. The highest BCUT2D eigenvalue weighted by atomic mass is 32.1. The molecule has 0 aliphatic rings. The van der Waals surface area contributed by atoms with E-state index in [9.17, 15) is 10.3 Å². The average Bonchev–Trinajstić information content (AvgIpc) is 3.60. The number of nitrogens with zero attached hydrogens (tertiary/aromatic N) is 2. The molecule has 0 fully saturated rings. The van der Waals surface area contributed by atoms with E-state index in [1.54, 1.807) is 6.20 Å². The Labute approximate surface area is 262 Å². The molecule has 0 unspecified atom stereocenters. The molecule has 44 heavy (non-hydrogen) atoms. The summed E-state index contributed by atoms with van der Waals surface area (Å²) in [7, 11) is 0. The van der Waals surface area contributed by atoms with Gasteiger partial charge in [-0.25, -0.2) is 4.98 Å². The lowest BCUT2D eigenvalue weighted by Crippen LogP contribution is -2.50. The predicted octanol–water partition coefficient (Wildman–Crippen LogP) is 6.82. The summed E-state index contributed by atoms with van der Waals surface area (Å²) < 4.78 is 19.1. The van der Waals surface area contributed by atoms with Crippen LogP contribution in [0.25, 0.3) is 0 Å². The summed E-state index contributed by atoms with van der Waals surface area (Å²) in [6.45, 7) is 1.06. The normalized spacial score (nSPS) is 14.2. The highest BCUT2D eigenvalue weighted by molar-refractivity contribution is 7.09. The fraction of sp³-hybridized carbons (Fsp3) is 0.250. The molecule has 4 atom stereocenters. The maximum Gasteiger partial charge on any atom is 0.116 e. The minimum atomic E-state index is -1.07. The fourth-order valence-electron chi connectivity index (χ4n) is 4.98. The summed E-state index contributed by atoms with van der Waals surface area (Å²) in [5, 5.41) is 27.1. The van der Waals surface area contributed by atoms with Crippen LogP contribution in [0.1, 0.15) is 33.3 Å². The van der Waals surface area contributed by atoms with Crippen molar-refractivity contribution in [3.63, 3.8) is 0 Å². The van der Waals surface area contributed by atoms with Gasteiger partial charge in [-0.1, -0.05) is 121 Å². The molecule has 0 saturated heterocycles. The lowest BCUT2D eigenvalue weighted by atomic mass is 9.99. The molecule has 1 aromatic heterocycles. The average molecular weight is 611 g/mol. The molecule has 0 saturated carbocycles. The van der Waals surface area contributed by atoms with Crippen molar-refractivity contribution in [1.29, 1.82) is 0 Å². The Bertz CT molecular complexity index is 1460. The molecular formula is C36H38N2O5S. The molecule has 0 aliphatic heterocycles. The van der Waals surface area contributed by atoms with Gasteiger partial charge in [-0.05, 0) is 22.3 Å². The van der Waals surface area contributed by atoms with Crippen molar-refractivity contribution in [3.8, 4) is 0 Å². The third-order valence-electron chi connectivity index (χ3n) is 7.20. The van der Waals surface area contributed by atoms with Crippen LogP contribution in [0, 0.1) is 0 Å². The Morgan fingerprint density at radius 2 is 1.11 bits per heavy atom. The van der Waals surface area contributed by atoms with Crippen molar-refractivity contribution in [2.75, 3.05) is 6.61 Å². The van der Waals surface area contributed by atoms with Gasteiger partial charge in [0.05, 0.1) is 26.4 Å². The number of hydrogen-bond acceptors (Lipinski definition) is 8. The van der Waals surface area contributed by atoms with E-state index in [0.717, 1.165) is 22.3 Å². The van der Waals surface area contributed by atoms with Gasteiger partial charge in [0.2, 0.25) is 0 Å². The molecule has 5 rings (SSSR count). The minimum Gasteiger partial charge on any atom is -0.388 e. The van der Waals surface area contributed by atoms with Crippen LogP contribution in [-0.2, 0) is 40.6 Å². The van der Waals surface area contributed by atoms with E-state index < -0.39 is 24.4 Å². The van der Waals surface area contributed by atoms with Gasteiger partial charge in [0.1, 0.15) is 29.4 Å². The number of aliphatic hydroxyl groups is 1. The van der Waals surface area contributed by atoms with Gasteiger partial charge < -0.3 is 24.5 Å². The van der Waals surface area contributed by atoms with Gasteiger partial charge in [0.25, 0.3) is 0 Å². The molecular weight excluding hydrogens is 572 g/mol. The Morgan fingerprint density at radius 3 is 1.61 bits per heavy atom. The highest BCUT2D eigenvalue weighted by Crippen LogP contribution is 2.33. The number of ether oxygens (including phenoxy) is 3. The van der Waals surface area contributed by atoms with Crippen molar-refractivity contribution >= 4 is 11.3 Å². The van der Waals surface area contributed by atoms with Crippen LogP contribution in [0.3, 0.4) is 0 Å². The molecule has 1 heterocycles. The first-order chi connectivity index (χ1) is 21.7. The van der Waals surface area contributed by atoms with E-state index in [0.29, 0.717) is 11.6 Å². The number of hydrogen-bond donors (Lipinski definition) is 2. The van der Waals surface area contributed by atoms with Gasteiger partial charge in [-0.2, -0.15) is 5.06 Å². The number of aromatic nitrogens is 1. The zero-order valence-electron chi connectivity index (χ0n) is 24.5. The molecule has 8 heteroatoms. The highest BCUT2D eigenvalue weighted by Gasteiger charge is 2.41. The van der Waals surface area contributed by atoms with Gasteiger partial charge in [0.15, 0.2) is 0 Å². The predicted molar refractivity (Wildman–Crippen MR) is 171 cm³/mol. The van der Waals surface area contributed by atoms with E-state index >= 15 is 0 Å². The largest absolute Gasteiger partial charge is 0.388 e. The summed E-state index contributed by atoms with van der Waals surface area (Å²) >= 11 is 1.42. The number of rotatable bonds is 17. The fourth-order valence-corrected chi connectivity index (χ4v) is 5.76. The quantitative estimate of drug-likeness (QED) is 0.112. The number of benzene rings is 4. The van der Waals surface area contributed by atoms with E-state index in [-0.39, 0.29) is 26.4 Å². The third-order valence-corrected chi connectivity index (χ3v) is 8.04. The van der Waals surface area contributed by atoms with Crippen LogP contribution >= 0.6 is 11.3 Å². The zero-order valence-corrected chi connectivity index (χ0v) is 25.3. The maximum atomic E-state index is 11.7. The first kappa shape index (κ1) is 31.7. The second-order valence-electron chi connectivity index (χ2n) is 10.5. The van der Waals surface area contributed by atoms with E-state index in [2.05, 4.69) is 4.98 Å². The number of thiazole rings is 1. The molecule has 0 bridgehead atoms. The summed E-state index contributed by atoms with van der Waals surface area (Å²) in [6.07, 6.45) is -1.07. The van der Waals surface area contributed by atoms with Gasteiger partial charge in [-0.15, -0.1) is 11.3 Å². The lowest BCUT2D eigenvalue weighted by molar-refractivity contribution is -0.220. The Kier molecular flexibility index (Phi) is 12.2. The van der Waals surface area contributed by atoms with Crippen molar-refractivity contribution in [2.45, 2.75) is 50.7 Å². The Hall–Kier alpha value is -3.73. The second-order valence-corrected chi connectivity index (χ2v) is 11.4. The summed E-state index contributed by atoms with van der Waals surface area (Å²) in [5.41, 5.74) is 3.84. The summed E-state index contributed by atoms with van der Waals surface area (Å²) in [5.74, 6) is 0. The van der Waals surface area contributed by atoms with Gasteiger partial charge in [-0.3, -0.25) is 0 Å². The van der Waals surface area contributed by atoms with Crippen molar-refractivity contribution in [3.05, 3.63) is 160 Å². The molecule has 2 N–H and O–H groups in total. The molecule has 0 aliphatic carbocycles. The standard InChI is InChI=1S/C36H38N2O5S/c39-32(27-41-24-29-15-7-2-8-16-29)34(42-25-30-17-9-3-10-18-30)35(43-26-31-19-11-4-12-20-31)33(36-37-21-22-44-36)38(40)23-28-13-5-1-6-14-28/h1-22,32-35,39-40H,23-27H2/t32-,33-,34-,35+/m1/s1. The molecule has 0 radical (unpaired) electrons. The molecule has 228 valence electrons. The monoisotopic (exact) mass is 610 g/mol. The molecule has 7 nitrogen and oxygen atoms in total. The summed E-state index contributed by atoms with van der Waals surface area (Å²) in [6, 6.07) is 38.4. The third kappa shape index (κ3) is 9.38. The van der Waals surface area contributed by atoms with Crippen LogP contribution < -0.4 is 0 Å². The number of hydroxylamine groups is 2. The SMILES string of the molecule is O[C@H](COCc1ccccc1)[C@@H](OCc1ccccc1)[C@@H](OCc1ccccc1)[C@H](c1nccs1)N(O)Cc1ccccc1. The van der Waals surface area contributed by atoms with Crippen molar-refractivity contribution in [1.82, 2.24) is 10.0 Å². The van der Waals surface area contributed by atoms with Crippen molar-refractivity contribution < 1.29 is 24.5 Å². The van der Waals surface area contributed by atoms with Crippen LogP contribution in [0.5, 0.6) is 0 Å². The molecule has 0 spiro atoms. The van der Waals surface area contributed by atoms with E-state index in [1.807, 2.05) is 127 Å². The smallest absolute Gasteiger partial charge is 0.116 e. The lowest BCUT2D eigenvalue weighted by Gasteiger charge is -2.38. The first-order valence-corrected chi connectivity index (χ1v) is 15.5.